The molecule has 1 aliphatic heterocycles. The Kier molecular flexibility index (Phi) is 4.46. The maximum Gasteiger partial charge on any atom is 0.176 e. The van der Waals surface area contributed by atoms with Crippen LogP contribution in [0.3, 0.4) is 0 Å². The molecule has 0 bridgehead atoms. The maximum atomic E-state index is 5.31. The van der Waals surface area contributed by atoms with Crippen molar-refractivity contribution in [1.29, 1.82) is 0 Å². The van der Waals surface area contributed by atoms with Gasteiger partial charge in [-0.25, -0.2) is 9.67 Å². The van der Waals surface area contributed by atoms with Gasteiger partial charge in [-0.15, -0.1) is 0 Å². The van der Waals surface area contributed by atoms with Crippen LogP contribution in [0, 0.1) is 6.92 Å². The van der Waals surface area contributed by atoms with E-state index in [2.05, 4.69) is 36.9 Å². The highest BCUT2D eigenvalue weighted by atomic mass is 16.5. The van der Waals surface area contributed by atoms with Crippen molar-refractivity contribution >= 4 is 0 Å². The number of likely N-dealkylation sites (tertiary alicyclic amines) is 1. The first-order valence-corrected chi connectivity index (χ1v) is 8.96. The zero-order valence-corrected chi connectivity index (χ0v) is 15.4. The summed E-state index contributed by atoms with van der Waals surface area (Å²) in [5.74, 6) is 2.47. The van der Waals surface area contributed by atoms with Gasteiger partial charge in [-0.3, -0.25) is 5.10 Å². The fourth-order valence-electron chi connectivity index (χ4n) is 3.47. The van der Waals surface area contributed by atoms with Crippen molar-refractivity contribution in [2.75, 3.05) is 27.2 Å². The molecular weight excluding hydrogens is 328 g/mol. The molecule has 2 aromatic heterocycles. The SMILES string of the molecule is COc1cccc(-c2cc(-c3nc(C)nn3C3CCN(C)CC3)[nH]n2)c1. The largest absolute Gasteiger partial charge is 0.497 e. The van der Waals surface area contributed by atoms with Crippen LogP contribution in [0.2, 0.25) is 0 Å². The molecular formula is C19H24N6O. The normalized spacial score (nSPS) is 16.1. The van der Waals surface area contributed by atoms with Crippen LogP contribution in [0.5, 0.6) is 5.75 Å². The third kappa shape index (κ3) is 3.22. The number of aromatic nitrogens is 5. The van der Waals surface area contributed by atoms with Crippen molar-refractivity contribution in [3.63, 3.8) is 0 Å². The molecule has 0 atom stereocenters. The van der Waals surface area contributed by atoms with E-state index in [0.717, 1.165) is 60.3 Å². The second kappa shape index (κ2) is 6.92. The topological polar surface area (TPSA) is 71.9 Å². The van der Waals surface area contributed by atoms with Gasteiger partial charge >= 0.3 is 0 Å². The Morgan fingerprint density at radius 3 is 2.77 bits per heavy atom. The smallest absolute Gasteiger partial charge is 0.176 e. The lowest BCUT2D eigenvalue weighted by Gasteiger charge is -2.29. The van der Waals surface area contributed by atoms with Crippen LogP contribution in [0.15, 0.2) is 30.3 Å². The van der Waals surface area contributed by atoms with E-state index >= 15 is 0 Å². The molecule has 1 aliphatic rings. The van der Waals surface area contributed by atoms with Gasteiger partial charge in [0.15, 0.2) is 5.82 Å². The minimum absolute atomic E-state index is 0.381. The maximum absolute atomic E-state index is 5.31. The molecule has 0 amide bonds. The van der Waals surface area contributed by atoms with Crippen molar-refractivity contribution in [3.8, 4) is 28.5 Å². The van der Waals surface area contributed by atoms with Crippen molar-refractivity contribution in [3.05, 3.63) is 36.2 Å². The lowest BCUT2D eigenvalue weighted by molar-refractivity contribution is 0.213. The van der Waals surface area contributed by atoms with Crippen molar-refractivity contribution < 1.29 is 4.74 Å². The van der Waals surface area contributed by atoms with Gasteiger partial charge in [-0.05, 0) is 58.1 Å². The number of nitrogens with zero attached hydrogens (tertiary/aromatic N) is 5. The summed E-state index contributed by atoms with van der Waals surface area (Å²) in [5, 5.41) is 12.3. The zero-order valence-electron chi connectivity index (χ0n) is 15.4. The summed E-state index contributed by atoms with van der Waals surface area (Å²) in [6.07, 6.45) is 2.17. The van der Waals surface area contributed by atoms with E-state index in [1.165, 1.54) is 0 Å². The van der Waals surface area contributed by atoms with Gasteiger partial charge in [-0.2, -0.15) is 10.2 Å². The highest BCUT2D eigenvalue weighted by Crippen LogP contribution is 2.29. The van der Waals surface area contributed by atoms with Crippen LogP contribution in [-0.2, 0) is 0 Å². The quantitative estimate of drug-likeness (QED) is 0.782. The Labute approximate surface area is 153 Å². The molecule has 7 nitrogen and oxygen atoms in total. The number of aryl methyl sites for hydroxylation is 1. The number of rotatable bonds is 4. The summed E-state index contributed by atoms with van der Waals surface area (Å²) in [6, 6.07) is 10.3. The van der Waals surface area contributed by atoms with E-state index in [1.807, 2.05) is 37.3 Å². The molecule has 1 N–H and O–H groups in total. The molecule has 3 heterocycles. The van der Waals surface area contributed by atoms with E-state index in [1.54, 1.807) is 7.11 Å². The third-order valence-electron chi connectivity index (χ3n) is 4.96. The molecule has 136 valence electrons. The predicted molar refractivity (Wildman–Crippen MR) is 100 cm³/mol. The number of hydrogen-bond donors (Lipinski definition) is 1. The third-order valence-corrected chi connectivity index (χ3v) is 4.96. The average molecular weight is 352 g/mol. The Balaban J connectivity index is 1.65. The first-order valence-electron chi connectivity index (χ1n) is 8.96. The minimum atomic E-state index is 0.381. The van der Waals surface area contributed by atoms with Crippen molar-refractivity contribution in [2.45, 2.75) is 25.8 Å². The Hall–Kier alpha value is -2.67. The molecule has 1 saturated heterocycles. The van der Waals surface area contributed by atoms with Crippen LogP contribution in [-0.4, -0.2) is 57.1 Å². The van der Waals surface area contributed by atoms with Gasteiger partial charge < -0.3 is 9.64 Å². The molecule has 3 aromatic rings. The Morgan fingerprint density at radius 1 is 1.19 bits per heavy atom. The number of hydrogen-bond acceptors (Lipinski definition) is 5. The molecule has 0 spiro atoms. The van der Waals surface area contributed by atoms with E-state index < -0.39 is 0 Å². The van der Waals surface area contributed by atoms with Crippen LogP contribution < -0.4 is 4.74 Å². The number of methoxy groups -OCH3 is 1. The first-order chi connectivity index (χ1) is 12.6. The fraction of sp³-hybridized carbons (Fsp3) is 0.421. The molecule has 4 rings (SSSR count). The average Bonchev–Trinajstić information content (AvgIpc) is 3.29. The van der Waals surface area contributed by atoms with Crippen LogP contribution in [0.1, 0.15) is 24.7 Å². The molecule has 0 unspecified atom stereocenters. The number of H-pyrrole nitrogens is 1. The van der Waals surface area contributed by atoms with E-state index in [9.17, 15) is 0 Å². The summed E-state index contributed by atoms with van der Waals surface area (Å²) in [6.45, 7) is 4.11. The number of piperidine rings is 1. The van der Waals surface area contributed by atoms with Crippen molar-refractivity contribution in [2.24, 2.45) is 0 Å². The molecule has 7 heteroatoms. The molecule has 26 heavy (non-hydrogen) atoms. The zero-order chi connectivity index (χ0) is 18.1. The van der Waals surface area contributed by atoms with Gasteiger partial charge in [-0.1, -0.05) is 12.1 Å². The van der Waals surface area contributed by atoms with E-state index in [0.29, 0.717) is 6.04 Å². The van der Waals surface area contributed by atoms with Crippen LogP contribution in [0.4, 0.5) is 0 Å². The molecule has 0 saturated carbocycles. The van der Waals surface area contributed by atoms with Crippen LogP contribution in [0.25, 0.3) is 22.8 Å². The van der Waals surface area contributed by atoms with Gasteiger partial charge in [0, 0.05) is 5.56 Å². The van der Waals surface area contributed by atoms with Gasteiger partial charge in [0.2, 0.25) is 0 Å². The first kappa shape index (κ1) is 16.8. The lowest BCUT2D eigenvalue weighted by atomic mass is 10.1. The summed E-state index contributed by atoms with van der Waals surface area (Å²) < 4.78 is 7.38. The molecule has 1 fully saturated rings. The summed E-state index contributed by atoms with van der Waals surface area (Å²) >= 11 is 0. The highest BCUT2D eigenvalue weighted by molar-refractivity contribution is 5.66. The number of nitrogens with one attached hydrogen (secondary N) is 1. The lowest BCUT2D eigenvalue weighted by Crippen LogP contribution is -2.32. The second-order valence-corrected chi connectivity index (χ2v) is 6.86. The number of ether oxygens (including phenoxy) is 1. The Morgan fingerprint density at radius 2 is 2.00 bits per heavy atom. The minimum Gasteiger partial charge on any atom is -0.497 e. The molecule has 0 radical (unpaired) electrons. The summed E-state index contributed by atoms with van der Waals surface area (Å²) in [4.78, 5) is 7.02. The fourth-order valence-corrected chi connectivity index (χ4v) is 3.47. The van der Waals surface area contributed by atoms with E-state index in [-0.39, 0.29) is 0 Å². The highest BCUT2D eigenvalue weighted by Gasteiger charge is 2.24. The molecule has 0 aliphatic carbocycles. The summed E-state index contributed by atoms with van der Waals surface area (Å²) in [7, 11) is 3.83. The van der Waals surface area contributed by atoms with Crippen molar-refractivity contribution in [1.82, 2.24) is 29.9 Å². The summed E-state index contributed by atoms with van der Waals surface area (Å²) in [5.41, 5.74) is 2.77. The number of aromatic amines is 1. The van der Waals surface area contributed by atoms with Gasteiger partial charge in [0.05, 0.1) is 18.8 Å². The molecule has 1 aromatic carbocycles. The number of benzene rings is 1. The van der Waals surface area contributed by atoms with Gasteiger partial charge in [0.1, 0.15) is 17.3 Å². The van der Waals surface area contributed by atoms with E-state index in [4.69, 9.17) is 4.74 Å². The standard InChI is InChI=1S/C19H24N6O/c1-13-20-19(25(23-13)15-7-9-24(2)10-8-15)18-12-17(21-22-18)14-5-4-6-16(11-14)26-3/h4-6,11-12,15H,7-10H2,1-3H3,(H,21,22). The van der Waals surface area contributed by atoms with Gasteiger partial charge in [0.25, 0.3) is 0 Å². The monoisotopic (exact) mass is 352 g/mol. The predicted octanol–water partition coefficient (Wildman–Crippen LogP) is 2.92. The Bertz CT molecular complexity index is 891. The second-order valence-electron chi connectivity index (χ2n) is 6.86. The van der Waals surface area contributed by atoms with Crippen LogP contribution >= 0.6 is 0 Å².